The number of tetrazole rings is 1. The van der Waals surface area contributed by atoms with Gasteiger partial charge in [-0.3, -0.25) is 0 Å². The van der Waals surface area contributed by atoms with Crippen LogP contribution >= 0.6 is 27.5 Å². The quantitative estimate of drug-likeness (QED) is 0.705. The Morgan fingerprint density at radius 1 is 1.19 bits per heavy atom. The van der Waals surface area contributed by atoms with Crippen molar-refractivity contribution in [2.75, 3.05) is 5.73 Å². The van der Waals surface area contributed by atoms with Crippen molar-refractivity contribution in [3.63, 3.8) is 0 Å². The number of aromatic nitrogens is 4. The Morgan fingerprint density at radius 2 is 1.95 bits per heavy atom. The van der Waals surface area contributed by atoms with Crippen molar-refractivity contribution >= 4 is 33.2 Å². The third kappa shape index (κ3) is 2.41. The van der Waals surface area contributed by atoms with Crippen molar-refractivity contribution in [1.82, 2.24) is 20.2 Å². The van der Waals surface area contributed by atoms with Crippen LogP contribution in [0.25, 0.3) is 17.1 Å². The Bertz CT molecular complexity index is 749. The van der Waals surface area contributed by atoms with Crippen molar-refractivity contribution < 1.29 is 0 Å². The molecule has 1 aromatic heterocycles. The predicted molar refractivity (Wildman–Crippen MR) is 86.4 cm³/mol. The molecule has 0 aliphatic carbocycles. The average molecular weight is 365 g/mol. The zero-order valence-electron chi connectivity index (χ0n) is 11.1. The predicted octanol–water partition coefficient (Wildman–Crippen LogP) is 3.64. The minimum atomic E-state index is 0.442. The second kappa shape index (κ2) is 5.46. The molecular formula is C14H11BrClN5. The van der Waals surface area contributed by atoms with Crippen LogP contribution in [-0.4, -0.2) is 20.2 Å². The summed E-state index contributed by atoms with van der Waals surface area (Å²) < 4.78 is 2.57. The van der Waals surface area contributed by atoms with E-state index in [-0.39, 0.29) is 0 Å². The molecule has 106 valence electrons. The van der Waals surface area contributed by atoms with Crippen LogP contribution < -0.4 is 5.73 Å². The number of anilines is 1. The van der Waals surface area contributed by atoms with Crippen molar-refractivity contribution in [2.24, 2.45) is 0 Å². The molecule has 0 amide bonds. The summed E-state index contributed by atoms with van der Waals surface area (Å²) in [6, 6.07) is 11.3. The summed E-state index contributed by atoms with van der Waals surface area (Å²) in [6.45, 7) is 2.01. The van der Waals surface area contributed by atoms with E-state index < -0.39 is 0 Å². The van der Waals surface area contributed by atoms with E-state index in [2.05, 4.69) is 31.5 Å². The normalized spacial score (nSPS) is 10.8. The van der Waals surface area contributed by atoms with Gasteiger partial charge in [-0.2, -0.15) is 4.68 Å². The maximum atomic E-state index is 6.27. The van der Waals surface area contributed by atoms with Crippen LogP contribution in [0.15, 0.2) is 40.9 Å². The van der Waals surface area contributed by atoms with Crippen molar-refractivity contribution in [3.05, 3.63) is 51.5 Å². The van der Waals surface area contributed by atoms with Gasteiger partial charge in [0, 0.05) is 10.0 Å². The van der Waals surface area contributed by atoms with E-state index >= 15 is 0 Å². The van der Waals surface area contributed by atoms with E-state index in [1.807, 2.05) is 37.3 Å². The molecule has 0 atom stereocenters. The molecule has 0 spiro atoms. The molecule has 21 heavy (non-hydrogen) atoms. The number of rotatable bonds is 2. The highest BCUT2D eigenvalue weighted by molar-refractivity contribution is 9.10. The van der Waals surface area contributed by atoms with E-state index in [0.717, 1.165) is 15.7 Å². The molecule has 3 aromatic rings. The number of halogens is 2. The SMILES string of the molecule is Cc1cccc(-n2nnnc2-c2cccc(N)c2Cl)c1Br. The first kappa shape index (κ1) is 14.0. The highest BCUT2D eigenvalue weighted by Gasteiger charge is 2.17. The van der Waals surface area contributed by atoms with Crippen molar-refractivity contribution in [2.45, 2.75) is 6.92 Å². The van der Waals surface area contributed by atoms with Gasteiger partial charge in [-0.1, -0.05) is 29.8 Å². The van der Waals surface area contributed by atoms with Crippen LogP contribution in [0.2, 0.25) is 5.02 Å². The summed E-state index contributed by atoms with van der Waals surface area (Å²) in [7, 11) is 0. The molecule has 0 saturated heterocycles. The average Bonchev–Trinajstić information content (AvgIpc) is 2.94. The first-order chi connectivity index (χ1) is 10.1. The van der Waals surface area contributed by atoms with Crippen LogP contribution in [0.3, 0.4) is 0 Å². The van der Waals surface area contributed by atoms with Gasteiger partial charge in [-0.05, 0) is 57.0 Å². The van der Waals surface area contributed by atoms with Gasteiger partial charge in [0.05, 0.1) is 16.4 Å². The summed E-state index contributed by atoms with van der Waals surface area (Å²) in [4.78, 5) is 0. The Kier molecular flexibility index (Phi) is 3.65. The summed E-state index contributed by atoms with van der Waals surface area (Å²) >= 11 is 9.84. The number of benzene rings is 2. The second-order valence-electron chi connectivity index (χ2n) is 4.53. The fourth-order valence-electron chi connectivity index (χ4n) is 2.04. The summed E-state index contributed by atoms with van der Waals surface area (Å²) in [6.07, 6.45) is 0. The third-order valence-electron chi connectivity index (χ3n) is 3.14. The Hall–Kier alpha value is -1.92. The zero-order chi connectivity index (χ0) is 15.0. The Balaban J connectivity index is 2.22. The Labute approximate surface area is 134 Å². The van der Waals surface area contributed by atoms with Crippen LogP contribution in [0, 0.1) is 6.92 Å². The molecule has 2 N–H and O–H groups in total. The van der Waals surface area contributed by atoms with Gasteiger partial charge in [0.25, 0.3) is 0 Å². The number of nitrogens with zero attached hydrogens (tertiary/aromatic N) is 4. The van der Waals surface area contributed by atoms with E-state index in [1.165, 1.54) is 0 Å². The summed E-state index contributed by atoms with van der Waals surface area (Å²) in [5.41, 5.74) is 8.96. The first-order valence-electron chi connectivity index (χ1n) is 6.18. The largest absolute Gasteiger partial charge is 0.398 e. The lowest BCUT2D eigenvalue weighted by molar-refractivity contribution is 0.788. The first-order valence-corrected chi connectivity index (χ1v) is 7.35. The van der Waals surface area contributed by atoms with Gasteiger partial charge >= 0.3 is 0 Å². The fraction of sp³-hybridized carbons (Fsp3) is 0.0714. The van der Waals surface area contributed by atoms with Gasteiger partial charge in [0.2, 0.25) is 0 Å². The number of nitrogen functional groups attached to an aromatic ring is 1. The lowest BCUT2D eigenvalue weighted by Gasteiger charge is -2.10. The van der Waals surface area contributed by atoms with Crippen LogP contribution in [0.5, 0.6) is 0 Å². The van der Waals surface area contributed by atoms with E-state index in [4.69, 9.17) is 17.3 Å². The van der Waals surface area contributed by atoms with Gasteiger partial charge < -0.3 is 5.73 Å². The monoisotopic (exact) mass is 363 g/mol. The summed E-state index contributed by atoms with van der Waals surface area (Å²) in [5.74, 6) is 0.540. The van der Waals surface area contributed by atoms with Gasteiger partial charge in [-0.25, -0.2) is 0 Å². The molecule has 0 saturated carbocycles. The van der Waals surface area contributed by atoms with Crippen LogP contribution in [0.4, 0.5) is 5.69 Å². The molecule has 0 radical (unpaired) electrons. The lowest BCUT2D eigenvalue weighted by Crippen LogP contribution is -2.02. The molecule has 2 aromatic carbocycles. The molecule has 0 fully saturated rings. The van der Waals surface area contributed by atoms with Crippen LogP contribution in [0.1, 0.15) is 5.56 Å². The molecule has 1 heterocycles. The molecule has 0 bridgehead atoms. The molecule has 0 aliphatic rings. The number of hydrogen-bond donors (Lipinski definition) is 1. The standard InChI is InChI=1S/C14H11BrClN5/c1-8-4-2-7-11(12(8)15)21-14(18-19-20-21)9-5-3-6-10(17)13(9)16/h2-7H,17H2,1H3. The minimum Gasteiger partial charge on any atom is -0.398 e. The maximum Gasteiger partial charge on any atom is 0.188 e. The number of nitrogens with two attached hydrogens (primary N) is 1. The van der Waals surface area contributed by atoms with Gasteiger partial charge in [0.1, 0.15) is 0 Å². The fourth-order valence-corrected chi connectivity index (χ4v) is 2.68. The smallest absolute Gasteiger partial charge is 0.188 e. The van der Waals surface area contributed by atoms with E-state index in [9.17, 15) is 0 Å². The zero-order valence-corrected chi connectivity index (χ0v) is 13.4. The molecule has 0 aliphatic heterocycles. The third-order valence-corrected chi connectivity index (χ3v) is 4.59. The molecule has 3 rings (SSSR count). The topological polar surface area (TPSA) is 69.6 Å². The van der Waals surface area contributed by atoms with Gasteiger partial charge in [-0.15, -0.1) is 5.10 Å². The number of hydrogen-bond acceptors (Lipinski definition) is 4. The molecule has 7 heteroatoms. The summed E-state index contributed by atoms with van der Waals surface area (Å²) in [5, 5.41) is 12.3. The highest BCUT2D eigenvalue weighted by atomic mass is 79.9. The lowest BCUT2D eigenvalue weighted by atomic mass is 10.1. The van der Waals surface area contributed by atoms with E-state index in [1.54, 1.807) is 10.7 Å². The molecular weight excluding hydrogens is 354 g/mol. The van der Waals surface area contributed by atoms with Gasteiger partial charge in [0.15, 0.2) is 5.82 Å². The van der Waals surface area contributed by atoms with Crippen molar-refractivity contribution in [1.29, 1.82) is 0 Å². The molecule has 5 nitrogen and oxygen atoms in total. The Morgan fingerprint density at radius 3 is 2.76 bits per heavy atom. The van der Waals surface area contributed by atoms with E-state index in [0.29, 0.717) is 22.1 Å². The maximum absolute atomic E-state index is 6.27. The van der Waals surface area contributed by atoms with Crippen LogP contribution in [-0.2, 0) is 0 Å². The minimum absolute atomic E-state index is 0.442. The molecule has 0 unspecified atom stereocenters. The second-order valence-corrected chi connectivity index (χ2v) is 5.70. The highest BCUT2D eigenvalue weighted by Crippen LogP contribution is 2.33. The van der Waals surface area contributed by atoms with Crippen molar-refractivity contribution in [3.8, 4) is 17.1 Å². The number of aryl methyl sites for hydroxylation is 1.